The van der Waals surface area contributed by atoms with E-state index in [-0.39, 0.29) is 12.4 Å². The van der Waals surface area contributed by atoms with Crippen LogP contribution in [0.1, 0.15) is 12.5 Å². The highest BCUT2D eigenvalue weighted by Gasteiger charge is 2.29. The van der Waals surface area contributed by atoms with Gasteiger partial charge in [0.05, 0.1) is 0 Å². The Hall–Kier alpha value is -1.06. The quantitative estimate of drug-likeness (QED) is 0.760. The maximum absolute atomic E-state index is 10.7. The molecule has 0 aromatic heterocycles. The van der Waals surface area contributed by atoms with Crippen LogP contribution in [0.4, 0.5) is 0 Å². The molecule has 0 aliphatic heterocycles. The second-order valence-corrected chi connectivity index (χ2v) is 2.87. The number of hydrogen-bond donors (Lipinski definition) is 2. The van der Waals surface area contributed by atoms with Gasteiger partial charge in [-0.2, -0.15) is 0 Å². The van der Waals surface area contributed by atoms with Crippen molar-refractivity contribution in [3.63, 3.8) is 0 Å². The van der Waals surface area contributed by atoms with Gasteiger partial charge in [0.1, 0.15) is 5.54 Å². The molecule has 0 fully saturated rings. The fourth-order valence-corrected chi connectivity index (χ4v) is 0.908. The van der Waals surface area contributed by atoms with Crippen LogP contribution < -0.4 is 5.73 Å². The van der Waals surface area contributed by atoms with Crippen LogP contribution in [-0.4, -0.2) is 11.1 Å². The van der Waals surface area contributed by atoms with Crippen molar-refractivity contribution in [2.24, 2.45) is 5.73 Å². The van der Waals surface area contributed by atoms with Gasteiger partial charge in [-0.3, -0.25) is 0 Å². The highest BCUT2D eigenvalue weighted by molar-refractivity contribution is 5.85. The predicted molar refractivity (Wildman–Crippen MR) is 52.9 cm³/mol. The fourth-order valence-electron chi connectivity index (χ4n) is 0.908. The van der Waals surface area contributed by atoms with Crippen molar-refractivity contribution in [1.82, 2.24) is 0 Å². The summed E-state index contributed by atoms with van der Waals surface area (Å²) in [5, 5.41) is 8.77. The molecule has 4 heteroatoms. The smallest absolute Gasteiger partial charge is 0.328 e. The number of nitrogens with two attached hydrogens (primary N) is 1. The molecular formula is C9H12ClNO2. The summed E-state index contributed by atoms with van der Waals surface area (Å²) < 4.78 is 0. The van der Waals surface area contributed by atoms with E-state index in [0.717, 1.165) is 0 Å². The third-order valence-corrected chi connectivity index (χ3v) is 1.82. The Balaban J connectivity index is 0.00000144. The van der Waals surface area contributed by atoms with Gasteiger partial charge in [-0.05, 0) is 12.5 Å². The summed E-state index contributed by atoms with van der Waals surface area (Å²) in [7, 11) is 0. The molecule has 3 N–H and O–H groups in total. The first-order chi connectivity index (χ1) is 5.55. The third-order valence-electron chi connectivity index (χ3n) is 1.82. The molecule has 0 spiro atoms. The molecule has 1 aromatic carbocycles. The van der Waals surface area contributed by atoms with E-state index in [9.17, 15) is 4.79 Å². The van der Waals surface area contributed by atoms with Gasteiger partial charge in [-0.1, -0.05) is 30.3 Å². The number of rotatable bonds is 2. The lowest BCUT2D eigenvalue weighted by Crippen LogP contribution is -2.41. The van der Waals surface area contributed by atoms with Crippen molar-refractivity contribution in [2.75, 3.05) is 0 Å². The van der Waals surface area contributed by atoms with E-state index in [0.29, 0.717) is 5.56 Å². The SMILES string of the molecule is C[C@](N)(C(=O)O)c1ccccc1.Cl. The molecule has 0 aliphatic rings. The average molecular weight is 202 g/mol. The first-order valence-electron chi connectivity index (χ1n) is 3.63. The Morgan fingerprint density at radius 2 is 1.85 bits per heavy atom. The second kappa shape index (κ2) is 4.25. The van der Waals surface area contributed by atoms with Crippen LogP contribution in [0.5, 0.6) is 0 Å². The molecule has 0 aliphatic carbocycles. The first kappa shape index (κ1) is 11.9. The molecule has 0 bridgehead atoms. The van der Waals surface area contributed by atoms with Crippen LogP contribution in [0.15, 0.2) is 30.3 Å². The number of carboxylic acids is 1. The van der Waals surface area contributed by atoms with E-state index in [1.54, 1.807) is 24.3 Å². The van der Waals surface area contributed by atoms with Crippen molar-refractivity contribution in [3.05, 3.63) is 35.9 Å². The Bertz CT molecular complexity index is 285. The van der Waals surface area contributed by atoms with Gasteiger partial charge < -0.3 is 10.8 Å². The van der Waals surface area contributed by atoms with Crippen LogP contribution in [0.2, 0.25) is 0 Å². The zero-order valence-corrected chi connectivity index (χ0v) is 8.04. The molecule has 3 nitrogen and oxygen atoms in total. The summed E-state index contributed by atoms with van der Waals surface area (Å²) >= 11 is 0. The lowest BCUT2D eigenvalue weighted by molar-refractivity contribution is -0.143. The summed E-state index contributed by atoms with van der Waals surface area (Å²) in [5.74, 6) is -1.02. The Labute approximate surface area is 83.0 Å². The minimum absolute atomic E-state index is 0. The van der Waals surface area contributed by atoms with E-state index >= 15 is 0 Å². The zero-order chi connectivity index (χ0) is 9.19. The number of aliphatic carboxylic acids is 1. The minimum atomic E-state index is -1.29. The van der Waals surface area contributed by atoms with E-state index < -0.39 is 11.5 Å². The van der Waals surface area contributed by atoms with Gasteiger partial charge in [0.15, 0.2) is 0 Å². The summed E-state index contributed by atoms with van der Waals surface area (Å²) in [5.41, 5.74) is 4.90. The summed E-state index contributed by atoms with van der Waals surface area (Å²) in [6.45, 7) is 1.48. The number of carboxylic acid groups (broad SMARTS) is 1. The number of hydrogen-bond acceptors (Lipinski definition) is 2. The standard InChI is InChI=1S/C9H11NO2.ClH/c1-9(10,8(11)12)7-5-3-2-4-6-7;/h2-6H,10H2,1H3,(H,11,12);1H/t9-;/m1./s1. The van der Waals surface area contributed by atoms with Gasteiger partial charge in [-0.25, -0.2) is 4.79 Å². The van der Waals surface area contributed by atoms with E-state index in [2.05, 4.69) is 0 Å². The predicted octanol–water partition coefficient (Wildman–Crippen LogP) is 1.37. The van der Waals surface area contributed by atoms with Crippen molar-refractivity contribution in [1.29, 1.82) is 0 Å². The third kappa shape index (κ3) is 2.44. The molecule has 1 aromatic rings. The fraction of sp³-hybridized carbons (Fsp3) is 0.222. The average Bonchev–Trinajstić information content (AvgIpc) is 2.06. The van der Waals surface area contributed by atoms with Crippen molar-refractivity contribution < 1.29 is 9.90 Å². The molecule has 0 saturated heterocycles. The largest absolute Gasteiger partial charge is 0.480 e. The van der Waals surface area contributed by atoms with Gasteiger partial charge >= 0.3 is 5.97 Å². The van der Waals surface area contributed by atoms with Crippen LogP contribution in [0.3, 0.4) is 0 Å². The summed E-state index contributed by atoms with van der Waals surface area (Å²) in [6, 6.07) is 8.76. The van der Waals surface area contributed by atoms with E-state index in [1.165, 1.54) is 6.92 Å². The maximum Gasteiger partial charge on any atom is 0.328 e. The number of benzene rings is 1. The monoisotopic (exact) mass is 201 g/mol. The van der Waals surface area contributed by atoms with E-state index in [1.807, 2.05) is 6.07 Å². The number of halogens is 1. The highest BCUT2D eigenvalue weighted by atomic mass is 35.5. The molecular weight excluding hydrogens is 190 g/mol. The van der Waals surface area contributed by atoms with Crippen LogP contribution in [-0.2, 0) is 10.3 Å². The first-order valence-corrected chi connectivity index (χ1v) is 3.63. The Morgan fingerprint density at radius 3 is 2.23 bits per heavy atom. The van der Waals surface area contributed by atoms with Gasteiger partial charge in [0.25, 0.3) is 0 Å². The topological polar surface area (TPSA) is 63.3 Å². The maximum atomic E-state index is 10.7. The van der Waals surface area contributed by atoms with Crippen molar-refractivity contribution in [3.8, 4) is 0 Å². The second-order valence-electron chi connectivity index (χ2n) is 2.87. The van der Waals surface area contributed by atoms with Crippen LogP contribution in [0.25, 0.3) is 0 Å². The normalized spacial score (nSPS) is 14.0. The molecule has 0 heterocycles. The molecule has 1 atom stereocenters. The van der Waals surface area contributed by atoms with E-state index in [4.69, 9.17) is 10.8 Å². The van der Waals surface area contributed by atoms with Crippen LogP contribution >= 0.6 is 12.4 Å². The highest BCUT2D eigenvalue weighted by Crippen LogP contribution is 2.16. The minimum Gasteiger partial charge on any atom is -0.480 e. The Morgan fingerprint density at radius 1 is 1.38 bits per heavy atom. The van der Waals surface area contributed by atoms with Crippen molar-refractivity contribution in [2.45, 2.75) is 12.5 Å². The lowest BCUT2D eigenvalue weighted by Gasteiger charge is -2.18. The van der Waals surface area contributed by atoms with Crippen molar-refractivity contribution >= 4 is 18.4 Å². The summed E-state index contributed by atoms with van der Waals surface area (Å²) in [6.07, 6.45) is 0. The van der Waals surface area contributed by atoms with Gasteiger partial charge in [0.2, 0.25) is 0 Å². The zero-order valence-electron chi connectivity index (χ0n) is 7.23. The molecule has 0 unspecified atom stereocenters. The van der Waals surface area contributed by atoms with Gasteiger partial charge in [0, 0.05) is 0 Å². The lowest BCUT2D eigenvalue weighted by atomic mass is 9.94. The van der Waals surface area contributed by atoms with Gasteiger partial charge in [-0.15, -0.1) is 12.4 Å². The number of carbonyl (C=O) groups is 1. The molecule has 0 radical (unpaired) electrons. The molecule has 72 valence electrons. The van der Waals surface area contributed by atoms with Crippen LogP contribution in [0, 0.1) is 0 Å². The molecule has 1 rings (SSSR count). The molecule has 13 heavy (non-hydrogen) atoms. The Kier molecular flexibility index (Phi) is 3.91. The summed E-state index contributed by atoms with van der Waals surface area (Å²) in [4.78, 5) is 10.7. The molecule has 0 amide bonds. The molecule has 0 saturated carbocycles.